The molecular weight excluding hydrogens is 265 g/mol. The summed E-state index contributed by atoms with van der Waals surface area (Å²) in [6.07, 6.45) is 0. The van der Waals surface area contributed by atoms with Crippen LogP contribution in [0.1, 0.15) is 13.8 Å². The minimum atomic E-state index is -0.276. The number of likely N-dealkylation sites (N-methyl/N-ethyl adjacent to an activating group) is 1. The van der Waals surface area contributed by atoms with Gasteiger partial charge in [0.1, 0.15) is 5.82 Å². The maximum Gasteiger partial charge on any atom is 0.241 e. The summed E-state index contributed by atoms with van der Waals surface area (Å²) >= 11 is 1.35. The Balaban J connectivity index is 2.03. The number of carbonyl (C=O) groups excluding carboxylic acids is 1. The van der Waals surface area contributed by atoms with Crippen LogP contribution in [0.25, 0.3) is 10.2 Å². The molecule has 0 saturated heterocycles. The fraction of sp³-hybridized carbons (Fsp3) is 0.385. The molecular formula is C13H16FN3OS. The van der Waals surface area contributed by atoms with Crippen LogP contribution in [-0.4, -0.2) is 35.4 Å². The molecule has 2 rings (SSSR count). The number of nitrogens with zero attached hydrogens (tertiary/aromatic N) is 2. The van der Waals surface area contributed by atoms with Gasteiger partial charge in [0, 0.05) is 13.1 Å². The molecule has 1 amide bonds. The second kappa shape index (κ2) is 5.97. The first kappa shape index (κ1) is 13.7. The van der Waals surface area contributed by atoms with Gasteiger partial charge in [0.15, 0.2) is 5.13 Å². The van der Waals surface area contributed by atoms with E-state index in [1.807, 2.05) is 13.8 Å². The number of thiazole rings is 1. The van der Waals surface area contributed by atoms with Gasteiger partial charge < -0.3 is 10.2 Å². The number of fused-ring (bicyclic) bond motifs is 1. The maximum absolute atomic E-state index is 13.1. The highest BCUT2D eigenvalue weighted by atomic mass is 32.1. The van der Waals surface area contributed by atoms with Crippen LogP contribution in [-0.2, 0) is 4.79 Å². The van der Waals surface area contributed by atoms with Crippen LogP contribution < -0.4 is 5.32 Å². The largest absolute Gasteiger partial charge is 0.352 e. The molecule has 0 bridgehead atoms. The smallest absolute Gasteiger partial charge is 0.241 e. The van der Waals surface area contributed by atoms with Gasteiger partial charge in [0.2, 0.25) is 5.91 Å². The first-order valence-corrected chi connectivity index (χ1v) is 7.03. The van der Waals surface area contributed by atoms with Crippen LogP contribution in [0.5, 0.6) is 0 Å². The van der Waals surface area contributed by atoms with Gasteiger partial charge in [-0.25, -0.2) is 9.37 Å². The first-order valence-electron chi connectivity index (χ1n) is 6.21. The van der Waals surface area contributed by atoms with Crippen molar-refractivity contribution in [2.45, 2.75) is 13.8 Å². The predicted molar refractivity (Wildman–Crippen MR) is 76.0 cm³/mol. The lowest BCUT2D eigenvalue weighted by atomic mass is 10.3. The molecule has 2 aromatic rings. The molecule has 0 saturated carbocycles. The molecule has 1 N–H and O–H groups in total. The number of carbonyl (C=O) groups is 1. The van der Waals surface area contributed by atoms with Crippen LogP contribution in [0.3, 0.4) is 0 Å². The normalized spacial score (nSPS) is 10.7. The summed E-state index contributed by atoms with van der Waals surface area (Å²) in [5.41, 5.74) is 0.740. The summed E-state index contributed by atoms with van der Waals surface area (Å²) in [7, 11) is 0. The molecule has 6 heteroatoms. The first-order chi connectivity index (χ1) is 9.13. The molecule has 0 spiro atoms. The Labute approximate surface area is 115 Å². The quantitative estimate of drug-likeness (QED) is 0.916. The lowest BCUT2D eigenvalue weighted by Crippen LogP contribution is -2.35. The molecule has 19 heavy (non-hydrogen) atoms. The zero-order valence-electron chi connectivity index (χ0n) is 10.9. The molecule has 102 valence electrons. The summed E-state index contributed by atoms with van der Waals surface area (Å²) < 4.78 is 13.8. The number of benzene rings is 1. The molecule has 1 heterocycles. The molecule has 4 nitrogen and oxygen atoms in total. The van der Waals surface area contributed by atoms with Gasteiger partial charge in [0.05, 0.1) is 16.8 Å². The van der Waals surface area contributed by atoms with Crippen molar-refractivity contribution in [3.8, 4) is 0 Å². The van der Waals surface area contributed by atoms with Crippen LogP contribution in [0.15, 0.2) is 18.2 Å². The maximum atomic E-state index is 13.1. The van der Waals surface area contributed by atoms with E-state index in [1.54, 1.807) is 11.0 Å². The van der Waals surface area contributed by atoms with Gasteiger partial charge in [-0.15, -0.1) is 0 Å². The Kier molecular flexibility index (Phi) is 4.31. The number of amides is 1. The third kappa shape index (κ3) is 3.20. The van der Waals surface area contributed by atoms with Crippen LogP contribution in [0, 0.1) is 5.82 Å². The summed E-state index contributed by atoms with van der Waals surface area (Å²) in [5.74, 6) is -0.239. The highest BCUT2D eigenvalue weighted by Crippen LogP contribution is 2.26. The second-order valence-corrected chi connectivity index (χ2v) is 5.08. The summed E-state index contributed by atoms with van der Waals surface area (Å²) in [6.45, 7) is 5.50. The lowest BCUT2D eigenvalue weighted by molar-refractivity contribution is -0.128. The highest BCUT2D eigenvalue weighted by molar-refractivity contribution is 7.22. The van der Waals surface area contributed by atoms with Crippen molar-refractivity contribution in [3.05, 3.63) is 24.0 Å². The van der Waals surface area contributed by atoms with Gasteiger partial charge in [-0.05, 0) is 32.0 Å². The molecule has 0 unspecified atom stereocenters. The molecule has 0 radical (unpaired) electrons. The van der Waals surface area contributed by atoms with Crippen molar-refractivity contribution in [2.75, 3.05) is 25.0 Å². The highest BCUT2D eigenvalue weighted by Gasteiger charge is 2.10. The van der Waals surface area contributed by atoms with E-state index in [0.29, 0.717) is 18.2 Å². The minimum absolute atomic E-state index is 0.0374. The Morgan fingerprint density at radius 1 is 1.42 bits per heavy atom. The van der Waals surface area contributed by atoms with E-state index < -0.39 is 0 Å². The van der Waals surface area contributed by atoms with Crippen molar-refractivity contribution in [2.24, 2.45) is 0 Å². The van der Waals surface area contributed by atoms with Gasteiger partial charge in [-0.1, -0.05) is 11.3 Å². The van der Waals surface area contributed by atoms with Crippen LogP contribution >= 0.6 is 11.3 Å². The SMILES string of the molecule is CCN(CC)C(=O)CNc1nc2ccc(F)cc2s1. The average Bonchev–Trinajstić information content (AvgIpc) is 2.79. The fourth-order valence-corrected chi connectivity index (χ4v) is 2.70. The van der Waals surface area contributed by atoms with E-state index in [-0.39, 0.29) is 18.3 Å². The number of halogens is 1. The third-order valence-corrected chi connectivity index (χ3v) is 3.83. The van der Waals surface area contributed by atoms with Crippen molar-refractivity contribution in [1.29, 1.82) is 0 Å². The predicted octanol–water partition coefficient (Wildman–Crippen LogP) is 2.72. The Morgan fingerprint density at radius 2 is 2.16 bits per heavy atom. The van der Waals surface area contributed by atoms with Crippen molar-refractivity contribution in [3.63, 3.8) is 0 Å². The van der Waals surface area contributed by atoms with Gasteiger partial charge >= 0.3 is 0 Å². The van der Waals surface area contributed by atoms with Crippen LogP contribution in [0.2, 0.25) is 0 Å². The molecule has 0 aliphatic rings. The molecule has 0 fully saturated rings. The Morgan fingerprint density at radius 3 is 2.84 bits per heavy atom. The van der Waals surface area contributed by atoms with E-state index in [9.17, 15) is 9.18 Å². The summed E-state index contributed by atoms with van der Waals surface area (Å²) in [4.78, 5) is 17.9. The number of hydrogen-bond donors (Lipinski definition) is 1. The molecule has 1 aromatic heterocycles. The monoisotopic (exact) mass is 281 g/mol. The summed E-state index contributed by atoms with van der Waals surface area (Å²) in [6, 6.07) is 4.47. The number of aromatic nitrogens is 1. The number of nitrogens with one attached hydrogen (secondary N) is 1. The van der Waals surface area contributed by atoms with E-state index >= 15 is 0 Å². The summed E-state index contributed by atoms with van der Waals surface area (Å²) in [5, 5.41) is 3.64. The standard InChI is InChI=1S/C13H16FN3OS/c1-3-17(4-2)12(18)8-15-13-16-10-6-5-9(14)7-11(10)19-13/h5-7H,3-4,8H2,1-2H3,(H,15,16). The van der Waals surface area contributed by atoms with E-state index in [2.05, 4.69) is 10.3 Å². The third-order valence-electron chi connectivity index (χ3n) is 2.86. The van der Waals surface area contributed by atoms with E-state index in [1.165, 1.54) is 23.5 Å². The second-order valence-electron chi connectivity index (χ2n) is 4.05. The number of hydrogen-bond acceptors (Lipinski definition) is 4. The van der Waals surface area contributed by atoms with Gasteiger partial charge in [0.25, 0.3) is 0 Å². The average molecular weight is 281 g/mol. The Bertz CT molecular complexity index is 580. The van der Waals surface area contributed by atoms with E-state index in [4.69, 9.17) is 0 Å². The van der Waals surface area contributed by atoms with Crippen molar-refractivity contribution in [1.82, 2.24) is 9.88 Å². The van der Waals surface area contributed by atoms with E-state index in [0.717, 1.165) is 10.2 Å². The fourth-order valence-electron chi connectivity index (χ4n) is 1.81. The lowest BCUT2D eigenvalue weighted by Gasteiger charge is -2.18. The molecule has 0 aliphatic carbocycles. The van der Waals surface area contributed by atoms with Crippen molar-refractivity contribution < 1.29 is 9.18 Å². The number of anilines is 1. The molecule has 0 atom stereocenters. The zero-order chi connectivity index (χ0) is 13.8. The van der Waals surface area contributed by atoms with Crippen LogP contribution in [0.4, 0.5) is 9.52 Å². The van der Waals surface area contributed by atoms with Crippen molar-refractivity contribution >= 4 is 32.6 Å². The zero-order valence-corrected chi connectivity index (χ0v) is 11.8. The van der Waals surface area contributed by atoms with Gasteiger partial charge in [-0.3, -0.25) is 4.79 Å². The molecule has 1 aromatic carbocycles. The minimum Gasteiger partial charge on any atom is -0.352 e. The number of rotatable bonds is 5. The molecule has 0 aliphatic heterocycles. The van der Waals surface area contributed by atoms with Gasteiger partial charge in [-0.2, -0.15) is 0 Å². The topological polar surface area (TPSA) is 45.2 Å². The Hall–Kier alpha value is -1.69.